The van der Waals surface area contributed by atoms with E-state index < -0.39 is 25.8 Å². The number of hydrogen-bond donors (Lipinski definition) is 1. The number of anilines is 1. The van der Waals surface area contributed by atoms with Gasteiger partial charge in [0.05, 0.1) is 29.2 Å². The van der Waals surface area contributed by atoms with Gasteiger partial charge in [-0.15, -0.1) is 0 Å². The molecule has 29 heavy (non-hydrogen) atoms. The molecule has 1 amide bonds. The maximum atomic E-state index is 12.8. The minimum absolute atomic E-state index is 0.0540. The number of hydrogen-bond acceptors (Lipinski definition) is 6. The summed E-state index contributed by atoms with van der Waals surface area (Å²) in [6.45, 7) is 1.08. The summed E-state index contributed by atoms with van der Waals surface area (Å²) >= 11 is 6.10. The number of sulfone groups is 1. The van der Waals surface area contributed by atoms with Crippen molar-refractivity contribution in [2.45, 2.75) is 42.2 Å². The van der Waals surface area contributed by atoms with Crippen LogP contribution in [-0.4, -0.2) is 64.4 Å². The quantitative estimate of drug-likeness (QED) is 0.661. The molecule has 11 heteroatoms. The molecule has 0 spiro atoms. The van der Waals surface area contributed by atoms with Gasteiger partial charge in [-0.05, 0) is 31.0 Å². The summed E-state index contributed by atoms with van der Waals surface area (Å²) in [5, 5.41) is 2.28. The number of amides is 1. The molecule has 1 aromatic carbocycles. The van der Waals surface area contributed by atoms with Crippen molar-refractivity contribution in [2.24, 2.45) is 0 Å². The molecule has 0 bridgehead atoms. The molecule has 0 unspecified atom stereocenters. The zero-order valence-electron chi connectivity index (χ0n) is 16.0. The van der Waals surface area contributed by atoms with Crippen LogP contribution in [0.25, 0.3) is 0 Å². The topological polar surface area (TPSA) is 110 Å². The van der Waals surface area contributed by atoms with Crippen molar-refractivity contribution >= 4 is 43.1 Å². The fraction of sp³-hybridized carbons (Fsp3) is 0.611. The van der Waals surface area contributed by atoms with E-state index in [2.05, 4.69) is 5.32 Å². The standard InChI is InChI=1S/C18H25ClN2O6S2/c19-16-6-5-14(13-17(16)29(25,26)21-8-10-27-11-9-21)20-18(22)7-12-28(23,24)15-3-1-2-4-15/h5-6,13,15H,1-4,7-12H2,(H,20,22). The minimum Gasteiger partial charge on any atom is -0.379 e. The van der Waals surface area contributed by atoms with Crippen LogP contribution in [0.15, 0.2) is 23.1 Å². The normalized spacial score (nSPS) is 19.3. The van der Waals surface area contributed by atoms with Crippen LogP contribution in [-0.2, 0) is 29.4 Å². The van der Waals surface area contributed by atoms with Crippen LogP contribution in [0.5, 0.6) is 0 Å². The molecule has 3 rings (SSSR count). The zero-order valence-corrected chi connectivity index (χ0v) is 18.4. The van der Waals surface area contributed by atoms with Crippen LogP contribution in [0.3, 0.4) is 0 Å². The van der Waals surface area contributed by atoms with Gasteiger partial charge in [0, 0.05) is 25.2 Å². The van der Waals surface area contributed by atoms with E-state index in [1.165, 1.54) is 22.5 Å². The second-order valence-corrected chi connectivity index (χ2v) is 11.9. The van der Waals surface area contributed by atoms with Gasteiger partial charge >= 0.3 is 0 Å². The molecule has 1 N–H and O–H groups in total. The predicted octanol–water partition coefficient (Wildman–Crippen LogP) is 2.05. The third-order valence-electron chi connectivity index (χ3n) is 5.23. The number of sulfonamides is 1. The van der Waals surface area contributed by atoms with Gasteiger partial charge < -0.3 is 10.1 Å². The van der Waals surface area contributed by atoms with Gasteiger partial charge in [0.25, 0.3) is 0 Å². The SMILES string of the molecule is O=C(CCS(=O)(=O)C1CCCC1)Nc1ccc(Cl)c(S(=O)(=O)N2CCOCC2)c1. The Morgan fingerprint density at radius 2 is 1.79 bits per heavy atom. The summed E-state index contributed by atoms with van der Waals surface area (Å²) in [7, 11) is -7.12. The van der Waals surface area contributed by atoms with E-state index in [0.717, 1.165) is 12.8 Å². The van der Waals surface area contributed by atoms with Gasteiger partial charge in [0.1, 0.15) is 4.90 Å². The lowest BCUT2D eigenvalue weighted by Gasteiger charge is -2.26. The highest BCUT2D eigenvalue weighted by molar-refractivity contribution is 7.92. The number of nitrogens with one attached hydrogen (secondary N) is 1. The first-order chi connectivity index (χ1) is 13.7. The molecule has 1 saturated heterocycles. The van der Waals surface area contributed by atoms with Crippen molar-refractivity contribution in [3.8, 4) is 0 Å². The smallest absolute Gasteiger partial charge is 0.244 e. The molecule has 1 aromatic rings. The van der Waals surface area contributed by atoms with Gasteiger partial charge in [-0.1, -0.05) is 24.4 Å². The Morgan fingerprint density at radius 3 is 2.45 bits per heavy atom. The first-order valence-corrected chi connectivity index (χ1v) is 13.1. The number of carbonyl (C=O) groups excluding carboxylic acids is 1. The van der Waals surface area contributed by atoms with Crippen molar-refractivity contribution in [3.05, 3.63) is 23.2 Å². The number of benzene rings is 1. The summed E-state index contributed by atoms with van der Waals surface area (Å²) < 4.78 is 56.8. The fourth-order valence-corrected chi connectivity index (χ4v) is 7.34. The molecular weight excluding hydrogens is 440 g/mol. The van der Waals surface area contributed by atoms with Gasteiger partial charge in [-0.2, -0.15) is 4.31 Å². The lowest BCUT2D eigenvalue weighted by atomic mass is 10.3. The number of halogens is 1. The Balaban J connectivity index is 1.67. The van der Waals surface area contributed by atoms with Crippen LogP contribution in [0.4, 0.5) is 5.69 Å². The first kappa shape index (κ1) is 22.5. The molecular formula is C18H25ClN2O6S2. The van der Waals surface area contributed by atoms with E-state index in [-0.39, 0.29) is 46.1 Å². The molecule has 1 heterocycles. The second kappa shape index (κ2) is 9.30. The molecule has 2 fully saturated rings. The molecule has 0 radical (unpaired) electrons. The van der Waals surface area contributed by atoms with Crippen molar-refractivity contribution in [3.63, 3.8) is 0 Å². The Bertz CT molecular complexity index is 953. The second-order valence-electron chi connectivity index (χ2n) is 7.23. The number of ether oxygens (including phenoxy) is 1. The largest absolute Gasteiger partial charge is 0.379 e. The van der Waals surface area contributed by atoms with Crippen LogP contribution in [0, 0.1) is 0 Å². The van der Waals surface area contributed by atoms with E-state index >= 15 is 0 Å². The van der Waals surface area contributed by atoms with E-state index in [1.807, 2.05) is 0 Å². The van der Waals surface area contributed by atoms with Gasteiger partial charge in [0.2, 0.25) is 15.9 Å². The van der Waals surface area contributed by atoms with Gasteiger partial charge in [-0.3, -0.25) is 4.79 Å². The number of rotatable bonds is 7. The Labute approximate surface area is 176 Å². The predicted molar refractivity (Wildman–Crippen MR) is 110 cm³/mol. The van der Waals surface area contributed by atoms with Crippen LogP contribution in [0.2, 0.25) is 5.02 Å². The Morgan fingerprint density at radius 1 is 1.14 bits per heavy atom. The van der Waals surface area contributed by atoms with E-state index in [9.17, 15) is 21.6 Å². The summed E-state index contributed by atoms with van der Waals surface area (Å²) in [5.41, 5.74) is 0.254. The zero-order chi connectivity index (χ0) is 21.1. The first-order valence-electron chi connectivity index (χ1n) is 9.59. The lowest BCUT2D eigenvalue weighted by molar-refractivity contribution is -0.115. The summed E-state index contributed by atoms with van der Waals surface area (Å²) in [6.07, 6.45) is 2.95. The van der Waals surface area contributed by atoms with E-state index in [1.54, 1.807) is 0 Å². The average Bonchev–Trinajstić information content (AvgIpc) is 3.24. The maximum Gasteiger partial charge on any atom is 0.244 e. The third-order valence-corrected chi connectivity index (χ3v) is 9.87. The average molecular weight is 465 g/mol. The van der Waals surface area contributed by atoms with Crippen LogP contribution < -0.4 is 5.32 Å². The highest BCUT2D eigenvalue weighted by atomic mass is 35.5. The summed E-state index contributed by atoms with van der Waals surface area (Å²) in [4.78, 5) is 12.1. The molecule has 1 aliphatic heterocycles. The molecule has 8 nitrogen and oxygen atoms in total. The van der Waals surface area contributed by atoms with Crippen LogP contribution in [0.1, 0.15) is 32.1 Å². The molecule has 162 valence electrons. The minimum atomic E-state index is -3.82. The Hall–Kier alpha value is -1.20. The molecule has 2 aliphatic rings. The van der Waals surface area contributed by atoms with Crippen LogP contribution >= 0.6 is 11.6 Å². The number of nitrogens with zero attached hydrogens (tertiary/aromatic N) is 1. The monoisotopic (exact) mass is 464 g/mol. The fourth-order valence-electron chi connectivity index (χ4n) is 3.58. The molecule has 1 saturated carbocycles. The molecule has 1 aliphatic carbocycles. The summed E-state index contributed by atoms with van der Waals surface area (Å²) in [6, 6.07) is 4.19. The van der Waals surface area contributed by atoms with E-state index in [4.69, 9.17) is 16.3 Å². The lowest BCUT2D eigenvalue weighted by Crippen LogP contribution is -2.40. The van der Waals surface area contributed by atoms with Crippen molar-refractivity contribution < 1.29 is 26.4 Å². The highest BCUT2D eigenvalue weighted by Crippen LogP contribution is 2.29. The Kier molecular flexibility index (Phi) is 7.21. The number of carbonyl (C=O) groups is 1. The van der Waals surface area contributed by atoms with Crippen molar-refractivity contribution in [1.82, 2.24) is 4.31 Å². The van der Waals surface area contributed by atoms with Crippen molar-refractivity contribution in [1.29, 1.82) is 0 Å². The van der Waals surface area contributed by atoms with E-state index in [0.29, 0.717) is 26.1 Å². The third kappa shape index (κ3) is 5.49. The molecule has 0 atom stereocenters. The van der Waals surface area contributed by atoms with Gasteiger partial charge in [-0.25, -0.2) is 16.8 Å². The van der Waals surface area contributed by atoms with Crippen molar-refractivity contribution in [2.75, 3.05) is 37.4 Å². The highest BCUT2D eigenvalue weighted by Gasteiger charge is 2.30. The molecule has 0 aromatic heterocycles. The maximum absolute atomic E-state index is 12.8. The summed E-state index contributed by atoms with van der Waals surface area (Å²) in [5.74, 6) is -0.695. The van der Waals surface area contributed by atoms with Gasteiger partial charge in [0.15, 0.2) is 9.84 Å². The number of morpholine rings is 1.